The molecule has 124 valence electrons. The fraction of sp³-hybridized carbons (Fsp3) is 0. The van der Waals surface area contributed by atoms with E-state index in [0.717, 1.165) is 30.3 Å². The van der Waals surface area contributed by atoms with Gasteiger partial charge in [-0.15, -0.1) is 0 Å². The summed E-state index contributed by atoms with van der Waals surface area (Å²) in [5, 5.41) is 0. The molecule has 0 saturated carbocycles. The highest BCUT2D eigenvalue weighted by atomic mass is 31.2. The van der Waals surface area contributed by atoms with Crippen molar-refractivity contribution in [1.82, 2.24) is 4.98 Å². The summed E-state index contributed by atoms with van der Waals surface area (Å²) < 4.78 is 49.4. The Morgan fingerprint density at radius 3 is 1.91 bits per heavy atom. The lowest BCUT2D eigenvalue weighted by atomic mass is 10.1. The molecule has 5 N–H and O–H groups in total. The van der Waals surface area contributed by atoms with Gasteiger partial charge in [-0.1, -0.05) is 6.07 Å². The predicted molar refractivity (Wildman–Crippen MR) is 72.3 cm³/mol. The molecule has 7 nitrogen and oxygen atoms in total. The molecule has 0 saturated heterocycles. The molecule has 0 aliphatic carbocycles. The van der Waals surface area contributed by atoms with Gasteiger partial charge in [0, 0.05) is 0 Å². The molecule has 1 aromatic carbocycles. The van der Waals surface area contributed by atoms with E-state index in [-0.39, 0.29) is 5.69 Å². The summed E-state index contributed by atoms with van der Waals surface area (Å²) in [6.07, 6.45) is 0. The number of aromatic nitrogens is 1. The average Bonchev–Trinajstić information content (AvgIpc) is 2.38. The number of primary amides is 1. The van der Waals surface area contributed by atoms with Crippen molar-refractivity contribution < 1.29 is 37.2 Å². The van der Waals surface area contributed by atoms with Crippen LogP contribution in [0.3, 0.4) is 0 Å². The van der Waals surface area contributed by atoms with Crippen molar-refractivity contribution in [2.45, 2.75) is 0 Å². The van der Waals surface area contributed by atoms with Crippen LogP contribution in [0.5, 0.6) is 0 Å². The van der Waals surface area contributed by atoms with Gasteiger partial charge in [0.05, 0.1) is 5.56 Å². The number of halogens is 3. The Balaban J connectivity index is 0.000000463. The van der Waals surface area contributed by atoms with E-state index in [1.807, 2.05) is 0 Å². The van der Waals surface area contributed by atoms with Gasteiger partial charge in [-0.25, -0.2) is 22.7 Å². The molecule has 0 spiro atoms. The number of rotatable bonds is 2. The van der Waals surface area contributed by atoms with Crippen LogP contribution in [0.15, 0.2) is 30.3 Å². The molecule has 2 aromatic rings. The first-order valence-corrected chi connectivity index (χ1v) is 7.26. The summed E-state index contributed by atoms with van der Waals surface area (Å²) in [4.78, 5) is 36.0. The summed E-state index contributed by atoms with van der Waals surface area (Å²) in [7, 11) is -4.64. The summed E-state index contributed by atoms with van der Waals surface area (Å²) in [5.74, 6) is -3.79. The van der Waals surface area contributed by atoms with Crippen molar-refractivity contribution in [2.24, 2.45) is 5.73 Å². The van der Waals surface area contributed by atoms with Gasteiger partial charge < -0.3 is 20.4 Å². The maximum Gasteiger partial charge on any atom is 0.466 e. The van der Waals surface area contributed by atoms with Crippen LogP contribution in [0.25, 0.3) is 11.3 Å². The summed E-state index contributed by atoms with van der Waals surface area (Å²) >= 11 is 0. The molecule has 1 aromatic heterocycles. The van der Waals surface area contributed by atoms with E-state index in [4.69, 9.17) is 25.0 Å². The van der Waals surface area contributed by atoms with Crippen molar-refractivity contribution in [1.29, 1.82) is 0 Å². The Labute approximate surface area is 127 Å². The number of nitrogens with two attached hydrogens (primary N) is 1. The molecule has 0 atom stereocenters. The Bertz CT molecular complexity index is 753. The summed E-state index contributed by atoms with van der Waals surface area (Å²) in [6, 6.07) is 5.01. The molecule has 0 fully saturated rings. The van der Waals surface area contributed by atoms with E-state index in [9.17, 15) is 18.0 Å². The molecule has 1 amide bonds. The van der Waals surface area contributed by atoms with Crippen molar-refractivity contribution in [3.8, 4) is 11.3 Å². The SMILES string of the molecule is NC(=O)c1ccc(F)c(-c2c(F)cccc2F)n1.O=P(O)(O)O. The molecular formula is C12H10F3N2O5P. The third-order valence-corrected chi connectivity index (χ3v) is 2.30. The summed E-state index contributed by atoms with van der Waals surface area (Å²) in [6.45, 7) is 0. The van der Waals surface area contributed by atoms with Crippen molar-refractivity contribution in [2.75, 3.05) is 0 Å². The molecular weight excluding hydrogens is 340 g/mol. The number of pyridine rings is 1. The van der Waals surface area contributed by atoms with E-state index >= 15 is 0 Å². The lowest BCUT2D eigenvalue weighted by Gasteiger charge is -2.06. The highest BCUT2D eigenvalue weighted by Gasteiger charge is 2.18. The van der Waals surface area contributed by atoms with Crippen molar-refractivity contribution >= 4 is 13.7 Å². The number of hydrogen-bond acceptors (Lipinski definition) is 3. The number of carbonyl (C=O) groups is 1. The molecule has 0 aliphatic heterocycles. The minimum atomic E-state index is -4.64. The lowest BCUT2D eigenvalue weighted by molar-refractivity contribution is 0.0995. The van der Waals surface area contributed by atoms with Gasteiger partial charge >= 0.3 is 7.82 Å². The second kappa shape index (κ2) is 7.34. The third-order valence-electron chi connectivity index (χ3n) is 2.30. The first-order chi connectivity index (χ1) is 10.5. The quantitative estimate of drug-likeness (QED) is 0.604. The van der Waals surface area contributed by atoms with Gasteiger partial charge in [0.2, 0.25) is 0 Å². The van der Waals surface area contributed by atoms with Crippen LogP contribution < -0.4 is 5.73 Å². The van der Waals surface area contributed by atoms with Gasteiger partial charge in [-0.05, 0) is 24.3 Å². The van der Waals surface area contributed by atoms with E-state index < -0.39 is 42.4 Å². The molecule has 11 heteroatoms. The second-order valence-electron chi connectivity index (χ2n) is 4.00. The highest BCUT2D eigenvalue weighted by Crippen LogP contribution is 2.27. The van der Waals surface area contributed by atoms with Gasteiger partial charge in [-0.2, -0.15) is 0 Å². The zero-order chi connectivity index (χ0) is 17.8. The van der Waals surface area contributed by atoms with E-state index in [1.165, 1.54) is 0 Å². The number of carbonyl (C=O) groups excluding carboxylic acids is 1. The second-order valence-corrected chi connectivity index (χ2v) is 5.03. The largest absolute Gasteiger partial charge is 0.466 e. The molecule has 0 radical (unpaired) electrons. The standard InChI is InChI=1S/C12H7F3N2O.H3O4P/c13-6-2-1-3-7(14)10(6)11-8(15)4-5-9(17-11)12(16)18;1-5(2,3)4/h1-5H,(H2,16,18);(H3,1,2,3,4). The van der Waals surface area contributed by atoms with Crippen LogP contribution in [-0.2, 0) is 4.57 Å². The monoisotopic (exact) mass is 350 g/mol. The Morgan fingerprint density at radius 2 is 1.48 bits per heavy atom. The molecule has 23 heavy (non-hydrogen) atoms. The number of amides is 1. The first kappa shape index (κ1) is 18.8. The van der Waals surface area contributed by atoms with Crippen molar-refractivity contribution in [3.63, 3.8) is 0 Å². The fourth-order valence-electron chi connectivity index (χ4n) is 1.48. The van der Waals surface area contributed by atoms with Gasteiger partial charge in [-0.3, -0.25) is 4.79 Å². The number of hydrogen-bond donors (Lipinski definition) is 4. The third kappa shape index (κ3) is 5.80. The van der Waals surface area contributed by atoms with Gasteiger partial charge in [0.15, 0.2) is 0 Å². The minimum absolute atomic E-state index is 0.269. The number of phosphoric acid groups is 1. The Kier molecular flexibility index (Phi) is 5.99. The van der Waals surface area contributed by atoms with Crippen LogP contribution >= 0.6 is 7.82 Å². The van der Waals surface area contributed by atoms with Crippen LogP contribution in [0.1, 0.15) is 10.5 Å². The van der Waals surface area contributed by atoms with E-state index in [0.29, 0.717) is 0 Å². The Morgan fingerprint density at radius 1 is 1.00 bits per heavy atom. The molecule has 0 aliphatic rings. The predicted octanol–water partition coefficient (Wildman–Crippen LogP) is 1.34. The molecule has 0 unspecified atom stereocenters. The van der Waals surface area contributed by atoms with Gasteiger partial charge in [0.25, 0.3) is 5.91 Å². The first-order valence-electron chi connectivity index (χ1n) is 5.69. The van der Waals surface area contributed by atoms with Crippen LogP contribution in [-0.4, -0.2) is 25.6 Å². The Hall–Kier alpha value is -2.26. The molecule has 1 heterocycles. The zero-order valence-corrected chi connectivity index (χ0v) is 12.0. The zero-order valence-electron chi connectivity index (χ0n) is 11.2. The van der Waals surface area contributed by atoms with Gasteiger partial charge in [0.1, 0.15) is 28.8 Å². The molecule has 0 bridgehead atoms. The highest BCUT2D eigenvalue weighted by molar-refractivity contribution is 7.45. The fourth-order valence-corrected chi connectivity index (χ4v) is 1.48. The van der Waals surface area contributed by atoms with E-state index in [1.54, 1.807) is 0 Å². The number of benzene rings is 1. The number of nitrogens with zero attached hydrogens (tertiary/aromatic N) is 1. The smallest absolute Gasteiger partial charge is 0.364 e. The van der Waals surface area contributed by atoms with Crippen molar-refractivity contribution in [3.05, 3.63) is 53.5 Å². The normalized spacial score (nSPS) is 10.7. The van der Waals surface area contributed by atoms with Crippen LogP contribution in [0.4, 0.5) is 13.2 Å². The average molecular weight is 350 g/mol. The van der Waals surface area contributed by atoms with Crippen LogP contribution in [0, 0.1) is 17.5 Å². The lowest BCUT2D eigenvalue weighted by Crippen LogP contribution is -2.14. The minimum Gasteiger partial charge on any atom is -0.364 e. The maximum absolute atomic E-state index is 13.5. The maximum atomic E-state index is 13.5. The topological polar surface area (TPSA) is 134 Å². The summed E-state index contributed by atoms with van der Waals surface area (Å²) in [5.41, 5.74) is 3.50. The van der Waals surface area contributed by atoms with E-state index in [2.05, 4.69) is 4.98 Å². The molecule has 2 rings (SSSR count). The van der Waals surface area contributed by atoms with Crippen LogP contribution in [0.2, 0.25) is 0 Å².